The molecule has 0 unspecified atom stereocenters. The quantitative estimate of drug-likeness (QED) is 0.888. The highest BCUT2D eigenvalue weighted by Crippen LogP contribution is 2.67. The summed E-state index contributed by atoms with van der Waals surface area (Å²) in [7, 11) is 0. The van der Waals surface area contributed by atoms with Crippen LogP contribution in [0, 0.1) is 12.3 Å². The maximum absolute atomic E-state index is 13.3. The molecule has 0 aromatic carbocycles. The zero-order valence-electron chi connectivity index (χ0n) is 11.3. The van der Waals surface area contributed by atoms with E-state index in [2.05, 4.69) is 20.5 Å². The van der Waals surface area contributed by atoms with Crippen molar-refractivity contribution in [2.45, 2.75) is 64.0 Å². The Morgan fingerprint density at radius 2 is 2.00 bits per heavy atom. The van der Waals surface area contributed by atoms with Crippen LogP contribution in [0.1, 0.15) is 56.7 Å². The molecule has 6 heteroatoms. The normalized spacial score (nSPS) is 34.4. The first-order valence-corrected chi connectivity index (χ1v) is 6.95. The zero-order chi connectivity index (χ0) is 13.7. The van der Waals surface area contributed by atoms with Crippen LogP contribution in [0.15, 0.2) is 0 Å². The molecule has 2 saturated carbocycles. The van der Waals surface area contributed by atoms with Gasteiger partial charge in [0, 0.05) is 17.9 Å². The molecule has 2 N–H and O–H groups in total. The highest BCUT2D eigenvalue weighted by atomic mass is 19.3. The van der Waals surface area contributed by atoms with Crippen molar-refractivity contribution in [3.63, 3.8) is 0 Å². The molecular weight excluding hydrogens is 250 g/mol. The Kier molecular flexibility index (Phi) is 2.89. The van der Waals surface area contributed by atoms with Crippen molar-refractivity contribution in [2.24, 2.45) is 5.41 Å². The van der Waals surface area contributed by atoms with Gasteiger partial charge in [-0.2, -0.15) is 5.10 Å². The minimum Gasteiger partial charge on any atom is -0.305 e. The van der Waals surface area contributed by atoms with Crippen LogP contribution in [-0.2, 0) is 0 Å². The van der Waals surface area contributed by atoms with Gasteiger partial charge in [-0.3, -0.25) is 5.10 Å². The lowest BCUT2D eigenvalue weighted by molar-refractivity contribution is 0.0432. The fourth-order valence-electron chi connectivity index (χ4n) is 3.24. The fraction of sp³-hybridized carbons (Fsp3) is 0.846. The SMILES string of the molecule is Cc1nc([C@H](C)NC2CCC3(CC2)CC3(F)F)n[nH]1. The summed E-state index contributed by atoms with van der Waals surface area (Å²) >= 11 is 0. The Hall–Kier alpha value is -1.04. The molecule has 19 heavy (non-hydrogen) atoms. The second kappa shape index (κ2) is 4.23. The summed E-state index contributed by atoms with van der Waals surface area (Å²) in [5, 5.41) is 10.4. The number of nitrogens with zero attached hydrogens (tertiary/aromatic N) is 2. The Morgan fingerprint density at radius 1 is 1.37 bits per heavy atom. The fourth-order valence-corrected chi connectivity index (χ4v) is 3.24. The monoisotopic (exact) mass is 270 g/mol. The summed E-state index contributed by atoms with van der Waals surface area (Å²) in [6, 6.07) is 0.361. The van der Waals surface area contributed by atoms with Gasteiger partial charge in [0.15, 0.2) is 5.82 Å². The third kappa shape index (κ3) is 2.26. The Morgan fingerprint density at radius 3 is 2.47 bits per heavy atom. The molecule has 0 radical (unpaired) electrons. The summed E-state index contributed by atoms with van der Waals surface area (Å²) in [6.07, 6.45) is 3.02. The van der Waals surface area contributed by atoms with Crippen LogP contribution in [-0.4, -0.2) is 27.1 Å². The lowest BCUT2D eigenvalue weighted by atomic mass is 9.82. The molecule has 1 heterocycles. The number of halogens is 2. The summed E-state index contributed by atoms with van der Waals surface area (Å²) < 4.78 is 26.6. The largest absolute Gasteiger partial charge is 0.305 e. The molecule has 1 spiro atoms. The average molecular weight is 270 g/mol. The predicted molar refractivity (Wildman–Crippen MR) is 66.9 cm³/mol. The molecule has 0 bridgehead atoms. The summed E-state index contributed by atoms with van der Waals surface area (Å²) in [5.74, 6) is -0.858. The highest BCUT2D eigenvalue weighted by molar-refractivity contribution is 5.12. The van der Waals surface area contributed by atoms with Crippen molar-refractivity contribution in [1.82, 2.24) is 20.5 Å². The lowest BCUT2D eigenvalue weighted by Crippen LogP contribution is -2.36. The van der Waals surface area contributed by atoms with Crippen molar-refractivity contribution in [3.05, 3.63) is 11.6 Å². The number of H-pyrrole nitrogens is 1. The standard InChI is InChI=1S/C13H20F2N4/c1-8(11-17-9(2)18-19-11)16-10-3-5-12(6-4-10)7-13(12,14)15/h8,10,16H,3-7H2,1-2H3,(H,17,18,19)/t8-,10?,12?/m0/s1. The summed E-state index contributed by atoms with van der Waals surface area (Å²) in [5.41, 5.74) is -0.657. The zero-order valence-corrected chi connectivity index (χ0v) is 11.3. The molecule has 0 amide bonds. The number of rotatable bonds is 3. The van der Waals surface area contributed by atoms with Crippen molar-refractivity contribution in [3.8, 4) is 0 Å². The first kappa shape index (κ1) is 13.0. The van der Waals surface area contributed by atoms with Crippen molar-refractivity contribution < 1.29 is 8.78 Å². The maximum atomic E-state index is 13.3. The second-order valence-corrected chi connectivity index (χ2v) is 6.10. The van der Waals surface area contributed by atoms with Crippen LogP contribution in [0.3, 0.4) is 0 Å². The molecular formula is C13H20F2N4. The van der Waals surface area contributed by atoms with Gasteiger partial charge in [-0.1, -0.05) is 0 Å². The van der Waals surface area contributed by atoms with E-state index in [-0.39, 0.29) is 12.5 Å². The number of hydrogen-bond acceptors (Lipinski definition) is 3. The number of aromatic amines is 1. The molecule has 4 nitrogen and oxygen atoms in total. The van der Waals surface area contributed by atoms with Crippen molar-refractivity contribution in [2.75, 3.05) is 0 Å². The lowest BCUT2D eigenvalue weighted by Gasteiger charge is -2.30. The van der Waals surface area contributed by atoms with Crippen LogP contribution in [0.2, 0.25) is 0 Å². The van der Waals surface area contributed by atoms with E-state index in [1.54, 1.807) is 0 Å². The van der Waals surface area contributed by atoms with Gasteiger partial charge >= 0.3 is 0 Å². The topological polar surface area (TPSA) is 53.6 Å². The van der Waals surface area contributed by atoms with E-state index in [4.69, 9.17) is 0 Å². The van der Waals surface area contributed by atoms with Crippen molar-refractivity contribution >= 4 is 0 Å². The summed E-state index contributed by atoms with van der Waals surface area (Å²) in [4.78, 5) is 4.29. The molecule has 3 rings (SSSR count). The molecule has 1 atom stereocenters. The number of alkyl halides is 2. The number of aromatic nitrogens is 3. The van der Waals surface area contributed by atoms with E-state index < -0.39 is 11.3 Å². The predicted octanol–water partition coefficient (Wildman–Crippen LogP) is 2.73. The first-order valence-electron chi connectivity index (χ1n) is 6.95. The summed E-state index contributed by atoms with van der Waals surface area (Å²) in [6.45, 7) is 3.88. The van der Waals surface area contributed by atoms with E-state index >= 15 is 0 Å². The van der Waals surface area contributed by atoms with Gasteiger partial charge in [0.2, 0.25) is 0 Å². The van der Waals surface area contributed by atoms with Gasteiger partial charge in [0.1, 0.15) is 5.82 Å². The number of hydrogen-bond donors (Lipinski definition) is 2. The van der Waals surface area contributed by atoms with Gasteiger partial charge in [-0.15, -0.1) is 0 Å². The third-order valence-corrected chi connectivity index (χ3v) is 4.64. The van der Waals surface area contributed by atoms with Crippen LogP contribution in [0.5, 0.6) is 0 Å². The first-order chi connectivity index (χ1) is 8.92. The highest BCUT2D eigenvalue weighted by Gasteiger charge is 2.70. The molecule has 2 aliphatic carbocycles. The van der Waals surface area contributed by atoms with Crippen molar-refractivity contribution in [1.29, 1.82) is 0 Å². The van der Waals surface area contributed by atoms with Gasteiger partial charge in [-0.25, -0.2) is 13.8 Å². The van der Waals surface area contributed by atoms with Gasteiger partial charge in [0.25, 0.3) is 5.92 Å². The smallest absolute Gasteiger partial charge is 0.254 e. The Bertz CT molecular complexity index is 463. The molecule has 1 aromatic heterocycles. The van der Waals surface area contributed by atoms with E-state index in [0.29, 0.717) is 18.9 Å². The Labute approximate surface area is 111 Å². The number of nitrogens with one attached hydrogen (secondary N) is 2. The van der Waals surface area contributed by atoms with Crippen LogP contribution < -0.4 is 5.32 Å². The molecule has 0 aliphatic heterocycles. The molecule has 2 aliphatic rings. The Balaban J connectivity index is 1.53. The van der Waals surface area contributed by atoms with E-state index in [1.807, 2.05) is 13.8 Å². The van der Waals surface area contributed by atoms with Gasteiger partial charge in [0.05, 0.1) is 6.04 Å². The number of aryl methyl sites for hydroxylation is 1. The maximum Gasteiger partial charge on any atom is 0.254 e. The van der Waals surface area contributed by atoms with E-state index in [1.165, 1.54) is 0 Å². The molecule has 106 valence electrons. The minimum absolute atomic E-state index is 0.0590. The molecule has 2 fully saturated rings. The molecule has 0 saturated heterocycles. The van der Waals surface area contributed by atoms with E-state index in [9.17, 15) is 8.78 Å². The van der Waals surface area contributed by atoms with Crippen LogP contribution >= 0.6 is 0 Å². The minimum atomic E-state index is -2.40. The second-order valence-electron chi connectivity index (χ2n) is 6.10. The third-order valence-electron chi connectivity index (χ3n) is 4.64. The molecule has 1 aromatic rings. The van der Waals surface area contributed by atoms with Gasteiger partial charge in [-0.05, 0) is 39.5 Å². The van der Waals surface area contributed by atoms with Crippen LogP contribution in [0.25, 0.3) is 0 Å². The van der Waals surface area contributed by atoms with E-state index in [0.717, 1.165) is 24.5 Å². The van der Waals surface area contributed by atoms with Gasteiger partial charge < -0.3 is 5.32 Å². The van der Waals surface area contributed by atoms with Crippen LogP contribution in [0.4, 0.5) is 8.78 Å². The average Bonchev–Trinajstić information content (AvgIpc) is 2.71.